The summed E-state index contributed by atoms with van der Waals surface area (Å²) in [5.41, 5.74) is 3.71. The molecule has 0 aliphatic carbocycles. The summed E-state index contributed by atoms with van der Waals surface area (Å²) >= 11 is 0. The predicted molar refractivity (Wildman–Crippen MR) is 124 cm³/mol. The fraction of sp³-hybridized carbons (Fsp3) is 0.0833. The van der Waals surface area contributed by atoms with E-state index in [2.05, 4.69) is 31.8 Å². The lowest BCUT2D eigenvalue weighted by molar-refractivity contribution is -0.115. The van der Waals surface area contributed by atoms with Crippen molar-refractivity contribution in [1.29, 1.82) is 0 Å². The van der Waals surface area contributed by atoms with Gasteiger partial charge in [0.2, 0.25) is 5.91 Å². The van der Waals surface area contributed by atoms with Crippen LogP contribution < -0.4 is 10.6 Å². The van der Waals surface area contributed by atoms with Gasteiger partial charge in [-0.1, -0.05) is 18.2 Å². The molecule has 5 aromatic rings. The van der Waals surface area contributed by atoms with Gasteiger partial charge in [-0.2, -0.15) is 5.10 Å². The average Bonchev–Trinajstić information content (AvgIpc) is 3.45. The molecular formula is C24H21N7O. The first kappa shape index (κ1) is 19.5. The molecule has 0 radical (unpaired) electrons. The van der Waals surface area contributed by atoms with Crippen LogP contribution in [0.3, 0.4) is 0 Å². The summed E-state index contributed by atoms with van der Waals surface area (Å²) in [4.78, 5) is 21.1. The number of hydrogen-bond acceptors (Lipinski definition) is 5. The van der Waals surface area contributed by atoms with Gasteiger partial charge in [0, 0.05) is 54.0 Å². The molecular weight excluding hydrogens is 402 g/mol. The van der Waals surface area contributed by atoms with E-state index in [1.54, 1.807) is 10.9 Å². The van der Waals surface area contributed by atoms with E-state index < -0.39 is 0 Å². The van der Waals surface area contributed by atoms with Gasteiger partial charge in [-0.05, 0) is 42.0 Å². The van der Waals surface area contributed by atoms with Crippen LogP contribution in [-0.4, -0.2) is 30.2 Å². The summed E-state index contributed by atoms with van der Waals surface area (Å²) in [7, 11) is 1.99. The van der Waals surface area contributed by atoms with E-state index in [0.29, 0.717) is 18.1 Å². The van der Waals surface area contributed by atoms with Gasteiger partial charge >= 0.3 is 0 Å². The quantitative estimate of drug-likeness (QED) is 0.430. The number of fused-ring (bicyclic) bond motifs is 1. The number of rotatable bonds is 6. The average molecular weight is 423 g/mol. The van der Waals surface area contributed by atoms with Crippen LogP contribution in [0.1, 0.15) is 5.56 Å². The molecule has 158 valence electrons. The number of nitrogens with zero attached hydrogens (tertiary/aromatic N) is 5. The van der Waals surface area contributed by atoms with Gasteiger partial charge in [0.1, 0.15) is 12.1 Å². The van der Waals surface area contributed by atoms with Crippen molar-refractivity contribution in [3.8, 4) is 5.82 Å². The largest absolute Gasteiger partial charge is 0.350 e. The number of carbonyl (C=O) groups excluding carboxylic acids is 1. The molecule has 3 aromatic heterocycles. The Labute approximate surface area is 184 Å². The molecule has 0 saturated carbocycles. The number of hydrogen-bond donors (Lipinski definition) is 2. The zero-order valence-corrected chi connectivity index (χ0v) is 17.4. The highest BCUT2D eigenvalue weighted by atomic mass is 16.1. The molecule has 1 amide bonds. The van der Waals surface area contributed by atoms with Crippen molar-refractivity contribution in [3.05, 3.63) is 91.1 Å². The topological polar surface area (TPSA) is 89.7 Å². The van der Waals surface area contributed by atoms with Gasteiger partial charge in [0.05, 0.1) is 6.42 Å². The number of nitrogens with one attached hydrogen (secondary N) is 2. The Kier molecular flexibility index (Phi) is 5.09. The highest BCUT2D eigenvalue weighted by molar-refractivity contribution is 5.96. The van der Waals surface area contributed by atoms with Crippen molar-refractivity contribution < 1.29 is 4.79 Å². The van der Waals surface area contributed by atoms with Crippen LogP contribution in [0.4, 0.5) is 17.2 Å². The lowest BCUT2D eigenvalue weighted by Crippen LogP contribution is -2.14. The monoisotopic (exact) mass is 423 g/mol. The molecule has 0 atom stereocenters. The summed E-state index contributed by atoms with van der Waals surface area (Å²) in [5.74, 6) is 1.27. The SMILES string of the molecule is Cn1cc(CC(=O)Nc2ccc(Nc3cc(-n4cccn4)ncn3)cc2)c2ccccc21. The molecule has 0 aliphatic rings. The number of aryl methyl sites for hydroxylation is 1. The molecule has 2 aromatic carbocycles. The van der Waals surface area contributed by atoms with Crippen LogP contribution in [0.5, 0.6) is 0 Å². The third kappa shape index (κ3) is 4.06. The Morgan fingerprint density at radius 3 is 2.62 bits per heavy atom. The molecule has 32 heavy (non-hydrogen) atoms. The number of amides is 1. The summed E-state index contributed by atoms with van der Waals surface area (Å²) in [5, 5.41) is 11.5. The molecule has 3 heterocycles. The summed E-state index contributed by atoms with van der Waals surface area (Å²) in [6.07, 6.45) is 7.33. The molecule has 0 aliphatic heterocycles. The second-order valence-electron chi connectivity index (χ2n) is 7.42. The lowest BCUT2D eigenvalue weighted by atomic mass is 10.1. The van der Waals surface area contributed by atoms with Crippen molar-refractivity contribution in [2.75, 3.05) is 10.6 Å². The molecule has 0 spiro atoms. The summed E-state index contributed by atoms with van der Waals surface area (Å²) in [6, 6.07) is 19.2. The summed E-state index contributed by atoms with van der Waals surface area (Å²) < 4.78 is 3.71. The lowest BCUT2D eigenvalue weighted by Gasteiger charge is -2.09. The third-order valence-corrected chi connectivity index (χ3v) is 5.16. The van der Waals surface area contributed by atoms with E-state index in [1.165, 1.54) is 6.33 Å². The van der Waals surface area contributed by atoms with Gasteiger partial charge in [0.25, 0.3) is 0 Å². The molecule has 8 heteroatoms. The Balaban J connectivity index is 1.24. The van der Waals surface area contributed by atoms with E-state index >= 15 is 0 Å². The van der Waals surface area contributed by atoms with Gasteiger partial charge < -0.3 is 15.2 Å². The molecule has 2 N–H and O–H groups in total. The van der Waals surface area contributed by atoms with Crippen LogP contribution in [0, 0.1) is 0 Å². The molecule has 0 bridgehead atoms. The number of carbonyl (C=O) groups is 1. The predicted octanol–water partition coefficient (Wildman–Crippen LogP) is 4.08. The Morgan fingerprint density at radius 1 is 1.00 bits per heavy atom. The Morgan fingerprint density at radius 2 is 1.81 bits per heavy atom. The van der Waals surface area contributed by atoms with Gasteiger partial charge in [0.15, 0.2) is 5.82 Å². The maximum Gasteiger partial charge on any atom is 0.228 e. The molecule has 0 unspecified atom stereocenters. The fourth-order valence-corrected chi connectivity index (χ4v) is 3.67. The second kappa shape index (κ2) is 8.35. The van der Waals surface area contributed by atoms with E-state index in [9.17, 15) is 4.79 Å². The first-order valence-electron chi connectivity index (χ1n) is 10.2. The highest BCUT2D eigenvalue weighted by Crippen LogP contribution is 2.22. The number of anilines is 3. The standard InChI is InChI=1S/C24H21N7O/c1-30-15-17(20-5-2-3-6-21(20)30)13-24(32)29-19-9-7-18(8-10-19)28-22-14-23(26-16-25-22)31-12-4-11-27-31/h2-12,14-16H,13H2,1H3,(H,29,32)(H,25,26,28). The van der Waals surface area contributed by atoms with E-state index in [4.69, 9.17) is 0 Å². The van der Waals surface area contributed by atoms with Crippen molar-refractivity contribution >= 4 is 34.0 Å². The van der Waals surface area contributed by atoms with Crippen molar-refractivity contribution in [2.24, 2.45) is 7.05 Å². The van der Waals surface area contributed by atoms with E-state index in [-0.39, 0.29) is 5.91 Å². The zero-order valence-electron chi connectivity index (χ0n) is 17.4. The molecule has 5 rings (SSSR count). The third-order valence-electron chi connectivity index (χ3n) is 5.16. The van der Waals surface area contributed by atoms with Crippen LogP contribution in [0.2, 0.25) is 0 Å². The van der Waals surface area contributed by atoms with Crippen molar-refractivity contribution in [2.45, 2.75) is 6.42 Å². The summed E-state index contributed by atoms with van der Waals surface area (Å²) in [6.45, 7) is 0. The Hall–Kier alpha value is -4.46. The normalized spacial score (nSPS) is 10.9. The minimum absolute atomic E-state index is 0.0540. The maximum atomic E-state index is 12.6. The van der Waals surface area contributed by atoms with Gasteiger partial charge in [-0.3, -0.25) is 4.79 Å². The van der Waals surface area contributed by atoms with E-state index in [1.807, 2.05) is 78.6 Å². The fourth-order valence-electron chi connectivity index (χ4n) is 3.67. The van der Waals surface area contributed by atoms with E-state index in [0.717, 1.165) is 27.8 Å². The zero-order chi connectivity index (χ0) is 21.9. The Bertz CT molecular complexity index is 1370. The first-order chi connectivity index (χ1) is 15.7. The maximum absolute atomic E-state index is 12.6. The minimum atomic E-state index is -0.0540. The second-order valence-corrected chi connectivity index (χ2v) is 7.42. The van der Waals surface area contributed by atoms with Gasteiger partial charge in [-0.25, -0.2) is 14.6 Å². The molecule has 8 nitrogen and oxygen atoms in total. The van der Waals surface area contributed by atoms with Crippen molar-refractivity contribution in [1.82, 2.24) is 24.3 Å². The highest BCUT2D eigenvalue weighted by Gasteiger charge is 2.11. The molecule has 0 saturated heterocycles. The van der Waals surface area contributed by atoms with Crippen LogP contribution in [0.15, 0.2) is 85.6 Å². The van der Waals surface area contributed by atoms with Crippen LogP contribution in [0.25, 0.3) is 16.7 Å². The smallest absolute Gasteiger partial charge is 0.228 e. The number of benzene rings is 2. The molecule has 0 fully saturated rings. The first-order valence-corrected chi connectivity index (χ1v) is 10.2. The van der Waals surface area contributed by atoms with Crippen LogP contribution in [-0.2, 0) is 18.3 Å². The van der Waals surface area contributed by atoms with Crippen molar-refractivity contribution in [3.63, 3.8) is 0 Å². The number of aromatic nitrogens is 5. The number of para-hydroxylation sites is 1. The van der Waals surface area contributed by atoms with Crippen LogP contribution >= 0.6 is 0 Å². The van der Waals surface area contributed by atoms with Gasteiger partial charge in [-0.15, -0.1) is 0 Å². The minimum Gasteiger partial charge on any atom is -0.350 e.